The summed E-state index contributed by atoms with van der Waals surface area (Å²) in [4.78, 5) is 10.6. The van der Waals surface area contributed by atoms with Crippen LogP contribution in [-0.2, 0) is 4.74 Å². The highest BCUT2D eigenvalue weighted by molar-refractivity contribution is 5.77. The van der Waals surface area contributed by atoms with Gasteiger partial charge in [-0.15, -0.1) is 0 Å². The second-order valence-corrected chi connectivity index (χ2v) is 4.32. The van der Waals surface area contributed by atoms with E-state index in [-0.39, 0.29) is 0 Å². The van der Waals surface area contributed by atoms with Crippen LogP contribution in [0.25, 0.3) is 10.9 Å². The molecule has 0 aliphatic carbocycles. The first-order valence-corrected chi connectivity index (χ1v) is 6.98. The molecule has 0 amide bonds. The molecule has 5 heteroatoms. The molecule has 2 N–H and O–H groups in total. The van der Waals surface area contributed by atoms with Gasteiger partial charge in [-0.3, -0.25) is 4.98 Å². The number of morpholine rings is 1. The quantitative estimate of drug-likeness (QED) is 0.664. The van der Waals surface area contributed by atoms with E-state index < -0.39 is 0 Å². The first-order valence-electron chi connectivity index (χ1n) is 6.98. The van der Waals surface area contributed by atoms with Crippen LogP contribution in [0.4, 0.5) is 0 Å². The average Bonchev–Trinajstić information content (AvgIpc) is 3.17. The number of para-hydroxylation sites is 1. The van der Waals surface area contributed by atoms with Crippen LogP contribution >= 0.6 is 0 Å². The third kappa shape index (κ3) is 6.16. The minimum Gasteiger partial charge on any atom is -0.379 e. The molecule has 1 aliphatic heterocycles. The van der Waals surface area contributed by atoms with Crippen molar-refractivity contribution in [1.29, 1.82) is 0 Å². The van der Waals surface area contributed by atoms with E-state index in [1.165, 1.54) is 5.39 Å². The Morgan fingerprint density at radius 1 is 0.952 bits per heavy atom. The van der Waals surface area contributed by atoms with Gasteiger partial charge in [0.05, 0.1) is 25.1 Å². The highest BCUT2D eigenvalue weighted by Gasteiger charge is 1.93. The molecule has 0 atom stereocenters. The monoisotopic (exact) mass is 284 g/mol. The third-order valence-corrected chi connectivity index (χ3v) is 2.76. The number of fused-ring (bicyclic) bond motifs is 1. The van der Waals surface area contributed by atoms with Crippen molar-refractivity contribution in [2.24, 2.45) is 0 Å². The SMILES string of the molecule is C1COCCN1.c1c[nH]cn1.c1ccc2ncccc2c1. The van der Waals surface area contributed by atoms with Crippen molar-refractivity contribution >= 4 is 10.9 Å². The minimum atomic E-state index is 0.889. The largest absolute Gasteiger partial charge is 0.379 e. The van der Waals surface area contributed by atoms with Gasteiger partial charge in [-0.25, -0.2) is 4.98 Å². The van der Waals surface area contributed by atoms with Gasteiger partial charge in [-0.2, -0.15) is 0 Å². The first kappa shape index (κ1) is 15.2. The summed E-state index contributed by atoms with van der Waals surface area (Å²) >= 11 is 0. The predicted molar refractivity (Wildman–Crippen MR) is 84.0 cm³/mol. The molecule has 110 valence electrons. The van der Waals surface area contributed by atoms with Gasteiger partial charge in [0.2, 0.25) is 0 Å². The lowest BCUT2D eigenvalue weighted by atomic mass is 10.2. The number of pyridine rings is 1. The van der Waals surface area contributed by atoms with Crippen LogP contribution in [0, 0.1) is 0 Å². The second kappa shape index (κ2) is 9.63. The molecule has 0 spiro atoms. The van der Waals surface area contributed by atoms with Gasteiger partial charge in [0.15, 0.2) is 0 Å². The number of imidazole rings is 1. The zero-order valence-corrected chi connectivity index (χ0v) is 11.9. The molecule has 5 nitrogen and oxygen atoms in total. The molecule has 1 fully saturated rings. The molecule has 1 aromatic carbocycles. The Morgan fingerprint density at radius 2 is 1.76 bits per heavy atom. The normalized spacial score (nSPS) is 13.5. The molecule has 0 radical (unpaired) electrons. The van der Waals surface area contributed by atoms with E-state index in [2.05, 4.69) is 32.4 Å². The van der Waals surface area contributed by atoms with Crippen molar-refractivity contribution in [2.45, 2.75) is 0 Å². The van der Waals surface area contributed by atoms with E-state index in [4.69, 9.17) is 4.74 Å². The molecule has 21 heavy (non-hydrogen) atoms. The van der Waals surface area contributed by atoms with Gasteiger partial charge in [0, 0.05) is 37.1 Å². The van der Waals surface area contributed by atoms with Crippen LogP contribution in [-0.4, -0.2) is 41.3 Å². The number of rotatable bonds is 0. The fourth-order valence-electron chi connectivity index (χ4n) is 1.75. The van der Waals surface area contributed by atoms with Crippen LogP contribution in [0.1, 0.15) is 0 Å². The number of nitrogens with zero attached hydrogens (tertiary/aromatic N) is 2. The van der Waals surface area contributed by atoms with E-state index in [0.717, 1.165) is 31.8 Å². The summed E-state index contributed by atoms with van der Waals surface area (Å²) in [6.45, 7) is 3.83. The summed E-state index contributed by atoms with van der Waals surface area (Å²) in [6, 6.07) is 12.1. The summed E-state index contributed by atoms with van der Waals surface area (Å²) in [6.07, 6.45) is 6.89. The Labute approximate surface area is 124 Å². The van der Waals surface area contributed by atoms with Crippen LogP contribution < -0.4 is 5.32 Å². The van der Waals surface area contributed by atoms with Crippen molar-refractivity contribution in [3.8, 4) is 0 Å². The molecule has 1 aliphatic rings. The highest BCUT2D eigenvalue weighted by atomic mass is 16.5. The lowest BCUT2D eigenvalue weighted by Crippen LogP contribution is -2.30. The van der Waals surface area contributed by atoms with E-state index in [9.17, 15) is 0 Å². The molecule has 3 aromatic rings. The summed E-state index contributed by atoms with van der Waals surface area (Å²) in [5, 5.41) is 4.36. The van der Waals surface area contributed by atoms with Crippen molar-refractivity contribution < 1.29 is 4.74 Å². The number of benzene rings is 1. The third-order valence-electron chi connectivity index (χ3n) is 2.76. The molecule has 3 heterocycles. The number of aromatic nitrogens is 3. The Kier molecular flexibility index (Phi) is 6.95. The fraction of sp³-hybridized carbons (Fsp3) is 0.250. The maximum Gasteiger partial charge on any atom is 0.0919 e. The van der Waals surface area contributed by atoms with Crippen LogP contribution in [0.3, 0.4) is 0 Å². The van der Waals surface area contributed by atoms with Crippen LogP contribution in [0.2, 0.25) is 0 Å². The zero-order valence-electron chi connectivity index (χ0n) is 11.9. The van der Waals surface area contributed by atoms with Crippen LogP contribution in [0.15, 0.2) is 61.3 Å². The molecule has 1 saturated heterocycles. The van der Waals surface area contributed by atoms with Gasteiger partial charge >= 0.3 is 0 Å². The maximum absolute atomic E-state index is 5.01. The van der Waals surface area contributed by atoms with Crippen LogP contribution in [0.5, 0.6) is 0 Å². The Morgan fingerprint density at radius 3 is 2.29 bits per heavy atom. The van der Waals surface area contributed by atoms with Crippen molar-refractivity contribution in [1.82, 2.24) is 20.3 Å². The van der Waals surface area contributed by atoms with Crippen molar-refractivity contribution in [2.75, 3.05) is 26.3 Å². The summed E-state index contributed by atoms with van der Waals surface area (Å²) in [5.41, 5.74) is 1.06. The fourth-order valence-corrected chi connectivity index (χ4v) is 1.75. The topological polar surface area (TPSA) is 62.8 Å². The number of H-pyrrole nitrogens is 1. The van der Waals surface area contributed by atoms with Gasteiger partial charge in [-0.1, -0.05) is 24.3 Å². The average molecular weight is 284 g/mol. The number of aromatic amines is 1. The first-order chi connectivity index (χ1) is 10.5. The van der Waals surface area contributed by atoms with Gasteiger partial charge in [0.1, 0.15) is 0 Å². The Hall–Kier alpha value is -2.24. The highest BCUT2D eigenvalue weighted by Crippen LogP contribution is 2.07. The molecule has 0 unspecified atom stereocenters. The van der Waals surface area contributed by atoms with Gasteiger partial charge in [0.25, 0.3) is 0 Å². The molecule has 0 bridgehead atoms. The van der Waals surface area contributed by atoms with E-state index in [0.29, 0.717) is 0 Å². The van der Waals surface area contributed by atoms with E-state index in [1.54, 1.807) is 18.7 Å². The number of nitrogens with one attached hydrogen (secondary N) is 2. The lowest BCUT2D eigenvalue weighted by molar-refractivity contribution is 0.109. The molecule has 0 saturated carbocycles. The zero-order chi connectivity index (χ0) is 14.6. The Bertz CT molecular complexity index is 500. The lowest BCUT2D eigenvalue weighted by Gasteiger charge is -2.10. The Balaban J connectivity index is 0.000000126. The smallest absolute Gasteiger partial charge is 0.0919 e. The molecule has 4 rings (SSSR count). The van der Waals surface area contributed by atoms with E-state index in [1.807, 2.05) is 30.5 Å². The van der Waals surface area contributed by atoms with Gasteiger partial charge < -0.3 is 15.0 Å². The predicted octanol–water partition coefficient (Wildman–Crippen LogP) is 2.25. The number of ether oxygens (including phenoxy) is 1. The minimum absolute atomic E-state index is 0.889. The summed E-state index contributed by atoms with van der Waals surface area (Å²) in [5.74, 6) is 0. The number of hydrogen-bond donors (Lipinski definition) is 2. The van der Waals surface area contributed by atoms with E-state index >= 15 is 0 Å². The standard InChI is InChI=1S/C9H7N.C4H9NO.C3H4N2/c1-2-6-9-8(4-1)5-3-7-10-9;1-3-6-4-2-5-1;1-2-5-3-4-1/h1-7H;5H,1-4H2;1-3H,(H,4,5). The van der Waals surface area contributed by atoms with Gasteiger partial charge in [-0.05, 0) is 12.1 Å². The van der Waals surface area contributed by atoms with Crippen molar-refractivity contribution in [3.63, 3.8) is 0 Å². The number of hydrogen-bond acceptors (Lipinski definition) is 4. The summed E-state index contributed by atoms with van der Waals surface area (Å²) < 4.78 is 5.01. The molecular weight excluding hydrogens is 264 g/mol. The summed E-state index contributed by atoms with van der Waals surface area (Å²) in [7, 11) is 0. The van der Waals surface area contributed by atoms with Crippen molar-refractivity contribution in [3.05, 3.63) is 61.3 Å². The maximum atomic E-state index is 5.01. The molecular formula is C16H20N4O. The molecule has 2 aromatic heterocycles. The second-order valence-electron chi connectivity index (χ2n) is 4.32.